The quantitative estimate of drug-likeness (QED) is 0.452. The molecule has 1 heterocycles. The summed E-state index contributed by atoms with van der Waals surface area (Å²) in [7, 11) is 1.22. The van der Waals surface area contributed by atoms with Crippen LogP contribution in [0, 0.1) is 0 Å². The zero-order chi connectivity index (χ0) is 16.7. The molecular weight excluding hydrogens is 296 g/mol. The number of carboxylic acids is 1. The highest BCUT2D eigenvalue weighted by atomic mass is 16.5. The molecule has 0 saturated carbocycles. The summed E-state index contributed by atoms with van der Waals surface area (Å²) in [6, 6.07) is -1.54. The third-order valence-corrected chi connectivity index (χ3v) is 3.00. The number of methoxy groups -OCH3 is 1. The lowest BCUT2D eigenvalue weighted by Gasteiger charge is -2.37. The number of urea groups is 1. The SMILES string of the molecule is COC(=O)[C@@H]1CCCNN1C(=O)N(CCC(=O)O)NC(C)=O. The summed E-state index contributed by atoms with van der Waals surface area (Å²) in [4.78, 5) is 46.0. The highest BCUT2D eigenvalue weighted by Crippen LogP contribution is 2.14. The number of hydrogen-bond donors (Lipinski definition) is 3. The second kappa shape index (κ2) is 8.17. The molecule has 0 aromatic rings. The molecule has 1 atom stereocenters. The van der Waals surface area contributed by atoms with Crippen molar-refractivity contribution in [2.75, 3.05) is 20.2 Å². The Morgan fingerprint density at radius 2 is 2.09 bits per heavy atom. The van der Waals surface area contributed by atoms with Crippen LogP contribution in [0.5, 0.6) is 0 Å². The van der Waals surface area contributed by atoms with E-state index in [-0.39, 0.29) is 13.0 Å². The van der Waals surface area contributed by atoms with Crippen LogP contribution in [0.2, 0.25) is 0 Å². The number of nitrogens with zero attached hydrogens (tertiary/aromatic N) is 2. The predicted molar refractivity (Wildman–Crippen MR) is 73.1 cm³/mol. The summed E-state index contributed by atoms with van der Waals surface area (Å²) >= 11 is 0. The Morgan fingerprint density at radius 1 is 1.41 bits per heavy atom. The molecule has 3 amide bonds. The Balaban J connectivity index is 2.86. The molecule has 1 aliphatic rings. The van der Waals surface area contributed by atoms with Gasteiger partial charge in [-0.1, -0.05) is 0 Å². The van der Waals surface area contributed by atoms with Gasteiger partial charge in [-0.2, -0.15) is 0 Å². The lowest BCUT2D eigenvalue weighted by Crippen LogP contribution is -2.62. The summed E-state index contributed by atoms with van der Waals surface area (Å²) in [5, 5.41) is 10.6. The van der Waals surface area contributed by atoms with E-state index >= 15 is 0 Å². The minimum absolute atomic E-state index is 0.222. The summed E-state index contributed by atoms with van der Waals surface area (Å²) in [5.74, 6) is -2.22. The van der Waals surface area contributed by atoms with Gasteiger partial charge in [-0.25, -0.2) is 25.0 Å². The van der Waals surface area contributed by atoms with Crippen LogP contribution in [-0.2, 0) is 19.1 Å². The number of nitrogens with one attached hydrogen (secondary N) is 2. The highest BCUT2D eigenvalue weighted by molar-refractivity contribution is 5.85. The molecule has 0 aromatic carbocycles. The molecule has 10 nitrogen and oxygen atoms in total. The number of carbonyl (C=O) groups excluding carboxylic acids is 3. The molecule has 0 radical (unpaired) electrons. The molecule has 1 saturated heterocycles. The van der Waals surface area contributed by atoms with E-state index in [1.165, 1.54) is 14.0 Å². The van der Waals surface area contributed by atoms with Crippen molar-refractivity contribution in [2.24, 2.45) is 0 Å². The number of hydrogen-bond acceptors (Lipinski definition) is 6. The van der Waals surface area contributed by atoms with E-state index < -0.39 is 29.9 Å². The van der Waals surface area contributed by atoms with Crippen molar-refractivity contribution in [1.29, 1.82) is 0 Å². The van der Waals surface area contributed by atoms with Crippen molar-refractivity contribution < 1.29 is 29.0 Å². The van der Waals surface area contributed by atoms with Gasteiger partial charge in [0.05, 0.1) is 20.1 Å². The molecule has 22 heavy (non-hydrogen) atoms. The van der Waals surface area contributed by atoms with Crippen LogP contribution in [-0.4, -0.2) is 65.2 Å². The Hall–Kier alpha value is -2.36. The molecule has 1 fully saturated rings. The zero-order valence-electron chi connectivity index (χ0n) is 12.5. The number of aliphatic carboxylic acids is 1. The number of carboxylic acid groups (broad SMARTS) is 1. The topological polar surface area (TPSA) is 128 Å². The second-order valence-electron chi connectivity index (χ2n) is 4.71. The lowest BCUT2D eigenvalue weighted by atomic mass is 10.1. The fourth-order valence-corrected chi connectivity index (χ4v) is 2.02. The standard InChI is InChI=1S/C12H20N4O6/c1-8(17)14-15(7-5-10(18)19)12(21)16-9(11(20)22-2)4-3-6-13-16/h9,13H,3-7H2,1-2H3,(H,14,17)(H,18,19)/t9-/m0/s1. The molecule has 3 N–H and O–H groups in total. The van der Waals surface area contributed by atoms with Gasteiger partial charge in [0.25, 0.3) is 0 Å². The van der Waals surface area contributed by atoms with Crippen LogP contribution in [0.15, 0.2) is 0 Å². The largest absolute Gasteiger partial charge is 0.481 e. The van der Waals surface area contributed by atoms with Crippen LogP contribution in [0.4, 0.5) is 4.79 Å². The van der Waals surface area contributed by atoms with Crippen molar-refractivity contribution in [3.63, 3.8) is 0 Å². The third-order valence-electron chi connectivity index (χ3n) is 3.00. The van der Waals surface area contributed by atoms with Crippen LogP contribution < -0.4 is 10.9 Å². The van der Waals surface area contributed by atoms with Crippen molar-refractivity contribution in [3.05, 3.63) is 0 Å². The number of hydrazine groups is 2. The van der Waals surface area contributed by atoms with Gasteiger partial charge < -0.3 is 9.84 Å². The molecule has 0 bridgehead atoms. The summed E-state index contributed by atoms with van der Waals surface area (Å²) < 4.78 is 4.66. The van der Waals surface area contributed by atoms with Crippen LogP contribution in [0.1, 0.15) is 26.2 Å². The maximum absolute atomic E-state index is 12.5. The van der Waals surface area contributed by atoms with Crippen molar-refractivity contribution in [3.8, 4) is 0 Å². The molecule has 1 aliphatic heterocycles. The first-order valence-corrected chi connectivity index (χ1v) is 6.78. The number of carbonyl (C=O) groups is 4. The van der Waals surface area contributed by atoms with Crippen LogP contribution in [0.25, 0.3) is 0 Å². The molecule has 124 valence electrons. The van der Waals surface area contributed by atoms with Crippen LogP contribution in [0.3, 0.4) is 0 Å². The Bertz CT molecular complexity index is 455. The van der Waals surface area contributed by atoms with Crippen LogP contribution >= 0.6 is 0 Å². The van der Waals surface area contributed by atoms with E-state index in [0.717, 1.165) is 10.0 Å². The smallest absolute Gasteiger partial charge is 0.353 e. The summed E-state index contributed by atoms with van der Waals surface area (Å²) in [6.45, 7) is 1.45. The van der Waals surface area contributed by atoms with Crippen molar-refractivity contribution in [1.82, 2.24) is 20.9 Å². The average molecular weight is 316 g/mol. The highest BCUT2D eigenvalue weighted by Gasteiger charge is 2.36. The fraction of sp³-hybridized carbons (Fsp3) is 0.667. The minimum atomic E-state index is -1.11. The van der Waals surface area contributed by atoms with E-state index in [1.807, 2.05) is 0 Å². The van der Waals surface area contributed by atoms with Gasteiger partial charge in [-0.05, 0) is 12.8 Å². The Labute approximate surface area is 127 Å². The maximum Gasteiger partial charge on any atom is 0.353 e. The number of esters is 1. The summed E-state index contributed by atoms with van der Waals surface area (Å²) in [6.07, 6.45) is 0.750. The van der Waals surface area contributed by atoms with E-state index in [9.17, 15) is 19.2 Å². The first-order chi connectivity index (χ1) is 10.4. The number of ether oxygens (including phenoxy) is 1. The van der Waals surface area contributed by atoms with Gasteiger partial charge in [-0.3, -0.25) is 15.0 Å². The zero-order valence-corrected chi connectivity index (χ0v) is 12.5. The van der Waals surface area contributed by atoms with E-state index in [0.29, 0.717) is 19.4 Å². The van der Waals surface area contributed by atoms with Gasteiger partial charge in [0.15, 0.2) is 0 Å². The first kappa shape index (κ1) is 17.7. The number of amides is 3. The monoisotopic (exact) mass is 316 g/mol. The first-order valence-electron chi connectivity index (χ1n) is 6.78. The normalized spacial score (nSPS) is 17.5. The van der Waals surface area contributed by atoms with Gasteiger partial charge in [0.1, 0.15) is 6.04 Å². The molecular formula is C12H20N4O6. The van der Waals surface area contributed by atoms with Gasteiger partial charge in [0, 0.05) is 13.5 Å². The predicted octanol–water partition coefficient (Wildman–Crippen LogP) is -0.924. The van der Waals surface area contributed by atoms with Crippen molar-refractivity contribution >= 4 is 23.9 Å². The molecule has 10 heteroatoms. The van der Waals surface area contributed by atoms with Gasteiger partial charge >= 0.3 is 18.0 Å². The van der Waals surface area contributed by atoms with E-state index in [1.54, 1.807) is 0 Å². The second-order valence-corrected chi connectivity index (χ2v) is 4.71. The van der Waals surface area contributed by atoms with E-state index in [2.05, 4.69) is 15.6 Å². The van der Waals surface area contributed by atoms with E-state index in [4.69, 9.17) is 5.11 Å². The third kappa shape index (κ3) is 4.88. The molecule has 0 aliphatic carbocycles. The van der Waals surface area contributed by atoms with Gasteiger partial charge in [-0.15, -0.1) is 0 Å². The molecule has 0 spiro atoms. The Kier molecular flexibility index (Phi) is 6.57. The fourth-order valence-electron chi connectivity index (χ4n) is 2.02. The number of rotatable bonds is 4. The van der Waals surface area contributed by atoms with Gasteiger partial charge in [0.2, 0.25) is 5.91 Å². The molecule has 1 rings (SSSR count). The maximum atomic E-state index is 12.5. The Morgan fingerprint density at radius 3 is 2.64 bits per heavy atom. The van der Waals surface area contributed by atoms with Crippen molar-refractivity contribution in [2.45, 2.75) is 32.2 Å². The molecule has 0 unspecified atom stereocenters. The average Bonchev–Trinajstić information content (AvgIpc) is 2.49. The summed E-state index contributed by atoms with van der Waals surface area (Å²) in [5.41, 5.74) is 5.03. The minimum Gasteiger partial charge on any atom is -0.481 e. The lowest BCUT2D eigenvalue weighted by molar-refractivity contribution is -0.149. The molecule has 0 aromatic heterocycles.